The summed E-state index contributed by atoms with van der Waals surface area (Å²) < 4.78 is 5.30. The van der Waals surface area contributed by atoms with Crippen molar-refractivity contribution in [1.29, 1.82) is 5.26 Å². The van der Waals surface area contributed by atoms with Gasteiger partial charge in [0.1, 0.15) is 5.60 Å². The van der Waals surface area contributed by atoms with Gasteiger partial charge in [-0.25, -0.2) is 9.59 Å². The van der Waals surface area contributed by atoms with E-state index >= 15 is 0 Å². The Bertz CT molecular complexity index is 1750. The van der Waals surface area contributed by atoms with E-state index < -0.39 is 28.6 Å². The molecule has 0 saturated carbocycles. The van der Waals surface area contributed by atoms with Crippen LogP contribution in [0.5, 0.6) is 0 Å². The second kappa shape index (κ2) is 14.3. The summed E-state index contributed by atoms with van der Waals surface area (Å²) in [6.45, 7) is 11.1. The van der Waals surface area contributed by atoms with Gasteiger partial charge in [0.15, 0.2) is 5.54 Å². The highest BCUT2D eigenvalue weighted by molar-refractivity contribution is 6.14. The van der Waals surface area contributed by atoms with Crippen molar-refractivity contribution in [3.05, 3.63) is 137 Å². The van der Waals surface area contributed by atoms with Gasteiger partial charge in [-0.15, -0.1) is 0 Å². The average molecular weight is 628 g/mol. The predicted octanol–water partition coefficient (Wildman–Crippen LogP) is 9.05. The number of amides is 1. The molecule has 0 saturated heterocycles. The Hall–Kier alpha value is -5.48. The van der Waals surface area contributed by atoms with Crippen molar-refractivity contribution < 1.29 is 19.4 Å². The topological polar surface area (TPSA) is 112 Å². The van der Waals surface area contributed by atoms with Crippen LogP contribution in [0.25, 0.3) is 11.6 Å². The molecule has 4 aromatic carbocycles. The summed E-state index contributed by atoms with van der Waals surface area (Å²) in [6.07, 6.45) is 1.37. The van der Waals surface area contributed by atoms with Crippen LogP contribution in [-0.2, 0) is 16.0 Å². The maximum Gasteiger partial charge on any atom is 0.412 e. The first kappa shape index (κ1) is 34.4. The molecule has 0 bridgehead atoms. The average Bonchev–Trinajstić information content (AvgIpc) is 3.02. The fourth-order valence-corrected chi connectivity index (χ4v) is 5.12. The minimum absolute atomic E-state index is 0.146. The Morgan fingerprint density at radius 3 is 1.77 bits per heavy atom. The number of anilines is 1. The van der Waals surface area contributed by atoms with E-state index in [0.717, 1.165) is 22.3 Å². The number of hydrogen-bond acceptors (Lipinski definition) is 5. The van der Waals surface area contributed by atoms with Gasteiger partial charge in [0.2, 0.25) is 0 Å². The molecule has 4 rings (SSSR count). The molecule has 0 fully saturated rings. The van der Waals surface area contributed by atoms with Crippen LogP contribution >= 0.6 is 0 Å². The molecule has 0 radical (unpaired) electrons. The minimum Gasteiger partial charge on any atom is -0.479 e. The maximum absolute atomic E-state index is 13.2. The summed E-state index contributed by atoms with van der Waals surface area (Å²) in [6, 6.07) is 36.0. The Balaban J connectivity index is 1.65. The van der Waals surface area contributed by atoms with E-state index in [1.807, 2.05) is 106 Å². The number of rotatable bonds is 9. The highest BCUT2D eigenvalue weighted by atomic mass is 16.6. The summed E-state index contributed by atoms with van der Waals surface area (Å²) in [5.74, 6) is -1.01. The molecule has 47 heavy (non-hydrogen) atoms. The molecule has 0 aliphatic carbocycles. The molecule has 2 N–H and O–H groups in total. The molecule has 0 unspecified atom stereocenters. The van der Waals surface area contributed by atoms with Gasteiger partial charge in [0.25, 0.3) is 0 Å². The van der Waals surface area contributed by atoms with Crippen molar-refractivity contribution in [3.8, 4) is 6.07 Å². The van der Waals surface area contributed by atoms with Crippen molar-refractivity contribution >= 4 is 35.1 Å². The molecule has 0 spiro atoms. The van der Waals surface area contributed by atoms with Crippen LogP contribution in [0.4, 0.5) is 10.5 Å². The standard InChI is InChI=1S/C40H41N3O4/c1-38(2,3)40(36(44)45,43-35(31-13-9-7-10-14-31)32-15-11-8-12-16-32)26-29-17-21-30(22-18-29)33(27-41)25-28-19-23-34(24-20-28)42-37(46)47-39(4,5)6/h7-25H,26H2,1-6H3,(H,42,46)(H,44,45)/b33-25+/t40-/m1/s1. The van der Waals surface area contributed by atoms with Crippen molar-refractivity contribution in [3.63, 3.8) is 0 Å². The third-order valence-electron chi connectivity index (χ3n) is 7.70. The smallest absolute Gasteiger partial charge is 0.412 e. The first-order chi connectivity index (χ1) is 22.2. The van der Waals surface area contributed by atoms with Gasteiger partial charge in [-0.2, -0.15) is 5.26 Å². The molecule has 7 heteroatoms. The lowest BCUT2D eigenvalue weighted by molar-refractivity contribution is -0.147. The lowest BCUT2D eigenvalue weighted by Gasteiger charge is -2.39. The summed E-state index contributed by atoms with van der Waals surface area (Å²) in [4.78, 5) is 30.4. The molecule has 0 aliphatic heterocycles. The second-order valence-electron chi connectivity index (χ2n) is 13.4. The maximum atomic E-state index is 13.2. The number of carboxylic acids is 1. The summed E-state index contributed by atoms with van der Waals surface area (Å²) in [5.41, 5.74) is 2.70. The lowest BCUT2D eigenvalue weighted by atomic mass is 9.70. The van der Waals surface area contributed by atoms with E-state index in [4.69, 9.17) is 9.73 Å². The lowest BCUT2D eigenvalue weighted by Crippen LogP contribution is -2.51. The summed E-state index contributed by atoms with van der Waals surface area (Å²) >= 11 is 0. The minimum atomic E-state index is -1.50. The Kier molecular flexibility index (Phi) is 10.5. The van der Waals surface area contributed by atoms with Crippen LogP contribution in [-0.4, -0.2) is 34.0 Å². The van der Waals surface area contributed by atoms with Crippen molar-refractivity contribution in [2.24, 2.45) is 10.4 Å². The molecular weight excluding hydrogens is 586 g/mol. The third-order valence-corrected chi connectivity index (χ3v) is 7.70. The number of carboxylic acid groups (broad SMARTS) is 1. The number of allylic oxidation sites excluding steroid dienone is 1. The Labute approximate surface area is 277 Å². The summed E-state index contributed by atoms with van der Waals surface area (Å²) in [7, 11) is 0. The Morgan fingerprint density at radius 1 is 0.787 bits per heavy atom. The predicted molar refractivity (Wildman–Crippen MR) is 188 cm³/mol. The number of benzene rings is 4. The normalized spacial score (nSPS) is 13.1. The van der Waals surface area contributed by atoms with E-state index in [2.05, 4.69) is 11.4 Å². The van der Waals surface area contributed by atoms with Gasteiger partial charge in [-0.1, -0.05) is 118 Å². The number of aliphatic imine (C=N–C) groups is 1. The van der Waals surface area contributed by atoms with Crippen LogP contribution in [0.2, 0.25) is 0 Å². The Morgan fingerprint density at radius 2 is 1.32 bits per heavy atom. The van der Waals surface area contributed by atoms with Crippen LogP contribution in [0.1, 0.15) is 69.4 Å². The first-order valence-corrected chi connectivity index (χ1v) is 15.5. The third kappa shape index (κ3) is 8.83. The van der Waals surface area contributed by atoms with Gasteiger partial charge in [-0.05, 0) is 61.1 Å². The highest BCUT2D eigenvalue weighted by Crippen LogP contribution is 2.39. The monoisotopic (exact) mass is 627 g/mol. The van der Waals surface area contributed by atoms with Gasteiger partial charge >= 0.3 is 12.1 Å². The van der Waals surface area contributed by atoms with Crippen LogP contribution in [0, 0.1) is 16.7 Å². The fraction of sp³-hybridized carbons (Fsp3) is 0.250. The van der Waals surface area contributed by atoms with E-state index in [0.29, 0.717) is 22.5 Å². The van der Waals surface area contributed by atoms with Gasteiger partial charge < -0.3 is 9.84 Å². The number of aliphatic carboxylic acids is 1. The molecule has 4 aromatic rings. The van der Waals surface area contributed by atoms with Crippen molar-refractivity contribution in [1.82, 2.24) is 0 Å². The number of carbonyl (C=O) groups is 2. The fourth-order valence-electron chi connectivity index (χ4n) is 5.12. The zero-order valence-electron chi connectivity index (χ0n) is 27.7. The number of nitrogens with one attached hydrogen (secondary N) is 1. The summed E-state index contributed by atoms with van der Waals surface area (Å²) in [5, 5.41) is 23.5. The largest absolute Gasteiger partial charge is 0.479 e. The number of nitriles is 1. The van der Waals surface area contributed by atoms with E-state index in [9.17, 15) is 20.0 Å². The van der Waals surface area contributed by atoms with Crippen molar-refractivity contribution in [2.75, 3.05) is 5.32 Å². The van der Waals surface area contributed by atoms with Crippen molar-refractivity contribution in [2.45, 2.75) is 59.1 Å². The first-order valence-electron chi connectivity index (χ1n) is 15.5. The zero-order valence-corrected chi connectivity index (χ0v) is 27.7. The number of hydrogen-bond donors (Lipinski definition) is 2. The zero-order chi connectivity index (χ0) is 34.2. The van der Waals surface area contributed by atoms with Crippen LogP contribution in [0.15, 0.2) is 114 Å². The van der Waals surface area contributed by atoms with Gasteiger partial charge in [0, 0.05) is 23.2 Å². The van der Waals surface area contributed by atoms with Crippen LogP contribution < -0.4 is 5.32 Å². The number of ether oxygens (including phenoxy) is 1. The quantitative estimate of drug-likeness (QED) is 0.109. The molecule has 7 nitrogen and oxygen atoms in total. The second-order valence-corrected chi connectivity index (χ2v) is 13.4. The highest BCUT2D eigenvalue weighted by Gasteiger charge is 2.49. The SMILES string of the molecule is CC(C)(C)OC(=O)Nc1ccc(/C=C(\C#N)c2ccc(C[C@@](N=C(c3ccccc3)c3ccccc3)(C(=O)O)C(C)(C)C)cc2)cc1. The molecule has 0 aliphatic rings. The van der Waals surface area contributed by atoms with E-state index in [1.54, 1.807) is 51.1 Å². The molecule has 1 amide bonds. The van der Waals surface area contributed by atoms with Gasteiger partial charge in [0.05, 0.1) is 17.4 Å². The number of carbonyl (C=O) groups excluding carboxylic acids is 1. The molecule has 240 valence electrons. The van der Waals surface area contributed by atoms with E-state index in [1.165, 1.54) is 0 Å². The van der Waals surface area contributed by atoms with Gasteiger partial charge in [-0.3, -0.25) is 10.3 Å². The molecular formula is C40H41N3O4. The number of nitrogens with zero attached hydrogens (tertiary/aromatic N) is 2. The van der Waals surface area contributed by atoms with E-state index in [-0.39, 0.29) is 6.42 Å². The molecule has 0 aromatic heterocycles. The van der Waals surface area contributed by atoms with Crippen LogP contribution in [0.3, 0.4) is 0 Å². The molecule has 1 atom stereocenters. The molecule has 0 heterocycles.